The molecule has 40 heavy (non-hydrogen) atoms. The number of carbonyl (C=O) groups excluding carboxylic acids is 1. The fourth-order valence-corrected chi connectivity index (χ4v) is 6.94. The lowest BCUT2D eigenvalue weighted by atomic mass is 9.81. The van der Waals surface area contributed by atoms with Crippen LogP contribution in [-0.4, -0.2) is 54.2 Å². The molecule has 2 bridgehead atoms. The van der Waals surface area contributed by atoms with Crippen molar-refractivity contribution >= 4 is 27.5 Å². The molecule has 2 aliphatic rings. The summed E-state index contributed by atoms with van der Waals surface area (Å²) in [5.74, 6) is 1.09. The maximum atomic E-state index is 13.5. The van der Waals surface area contributed by atoms with Gasteiger partial charge in [-0.05, 0) is 63.8 Å². The summed E-state index contributed by atoms with van der Waals surface area (Å²) < 4.78 is 57.9. The van der Waals surface area contributed by atoms with Crippen molar-refractivity contribution in [3.63, 3.8) is 0 Å². The third-order valence-corrected chi connectivity index (χ3v) is 8.63. The second-order valence-electron chi connectivity index (χ2n) is 10.7. The molecule has 11 heteroatoms. The zero-order valence-electron chi connectivity index (χ0n) is 23.0. The number of aromatic nitrogens is 1. The van der Waals surface area contributed by atoms with Gasteiger partial charge in [0.1, 0.15) is 5.01 Å². The van der Waals surface area contributed by atoms with E-state index in [1.54, 1.807) is 18.2 Å². The van der Waals surface area contributed by atoms with Crippen molar-refractivity contribution in [1.29, 1.82) is 0 Å². The average molecular weight is 578 g/mol. The molecule has 216 valence electrons. The molecule has 3 aromatic rings. The number of amides is 1. The van der Waals surface area contributed by atoms with Crippen molar-refractivity contribution in [3.8, 4) is 17.2 Å². The molecule has 0 saturated carbocycles. The van der Waals surface area contributed by atoms with E-state index in [1.165, 1.54) is 31.6 Å². The minimum absolute atomic E-state index is 0.0187. The number of thiazole rings is 1. The van der Waals surface area contributed by atoms with E-state index >= 15 is 0 Å². The van der Waals surface area contributed by atoms with Crippen molar-refractivity contribution in [3.05, 3.63) is 46.5 Å². The van der Waals surface area contributed by atoms with Gasteiger partial charge in [-0.15, -0.1) is 11.3 Å². The maximum absolute atomic E-state index is 13.5. The highest BCUT2D eigenvalue weighted by atomic mass is 32.1. The number of ether oxygens (including phenoxy) is 3. The average Bonchev–Trinajstić information content (AvgIpc) is 3.30. The molecule has 0 radical (unpaired) electrons. The third-order valence-electron chi connectivity index (χ3n) is 7.62. The van der Waals surface area contributed by atoms with Crippen LogP contribution in [0, 0.1) is 0 Å². The topological polar surface area (TPSA) is 72.9 Å². The first-order valence-electron chi connectivity index (χ1n) is 13.5. The Kier molecular flexibility index (Phi) is 8.15. The molecular formula is C29H34F3N3O4S. The molecule has 5 rings (SSSR count). The molecule has 2 atom stereocenters. The Morgan fingerprint density at radius 3 is 2.35 bits per heavy atom. The van der Waals surface area contributed by atoms with Crippen LogP contribution in [0.25, 0.3) is 10.2 Å². The summed E-state index contributed by atoms with van der Waals surface area (Å²) in [6.07, 6.45) is 0.0494. The normalized spacial score (nSPS) is 21.4. The van der Waals surface area contributed by atoms with E-state index < -0.39 is 11.7 Å². The quantitative estimate of drug-likeness (QED) is 0.333. The van der Waals surface area contributed by atoms with Gasteiger partial charge >= 0.3 is 6.18 Å². The monoisotopic (exact) mass is 577 g/mol. The number of hydrogen-bond donors (Lipinski definition) is 1. The van der Waals surface area contributed by atoms with Crippen LogP contribution in [0.2, 0.25) is 0 Å². The molecule has 0 spiro atoms. The van der Waals surface area contributed by atoms with Gasteiger partial charge < -0.3 is 19.5 Å². The molecule has 0 aliphatic carbocycles. The van der Waals surface area contributed by atoms with E-state index in [0.717, 1.165) is 38.2 Å². The van der Waals surface area contributed by atoms with Crippen LogP contribution in [-0.2, 0) is 12.7 Å². The highest BCUT2D eigenvalue weighted by Crippen LogP contribution is 2.41. The lowest BCUT2D eigenvalue weighted by molar-refractivity contribution is -0.136. The Balaban J connectivity index is 1.30. The van der Waals surface area contributed by atoms with Crippen LogP contribution < -0.4 is 19.5 Å². The molecule has 1 amide bonds. The number of halogens is 3. The van der Waals surface area contributed by atoms with Gasteiger partial charge in [-0.3, -0.25) is 9.69 Å². The first kappa shape index (κ1) is 28.5. The Morgan fingerprint density at radius 2 is 1.77 bits per heavy atom. The number of fused-ring (bicyclic) bond motifs is 3. The second-order valence-corrected chi connectivity index (χ2v) is 11.8. The number of rotatable bonds is 8. The summed E-state index contributed by atoms with van der Waals surface area (Å²) in [4.78, 5) is 20.1. The molecule has 1 aromatic heterocycles. The van der Waals surface area contributed by atoms with Gasteiger partial charge in [0.15, 0.2) is 11.5 Å². The van der Waals surface area contributed by atoms with Crippen LogP contribution in [0.4, 0.5) is 13.2 Å². The van der Waals surface area contributed by atoms with Crippen LogP contribution in [0.3, 0.4) is 0 Å². The number of benzene rings is 2. The van der Waals surface area contributed by atoms with Gasteiger partial charge in [0.05, 0.1) is 42.6 Å². The summed E-state index contributed by atoms with van der Waals surface area (Å²) in [6.45, 7) is 4.32. The zero-order valence-corrected chi connectivity index (χ0v) is 23.8. The maximum Gasteiger partial charge on any atom is 0.418 e. The first-order chi connectivity index (χ1) is 19.1. The van der Waals surface area contributed by atoms with Gasteiger partial charge in [-0.25, -0.2) is 4.98 Å². The van der Waals surface area contributed by atoms with Gasteiger partial charge in [0.2, 0.25) is 5.75 Å². The van der Waals surface area contributed by atoms with E-state index in [9.17, 15) is 18.0 Å². The summed E-state index contributed by atoms with van der Waals surface area (Å²) in [7, 11) is 3.05. The molecule has 2 fully saturated rings. The number of nitrogens with one attached hydrogen (secondary N) is 1. The van der Waals surface area contributed by atoms with Crippen LogP contribution in [0.15, 0.2) is 30.3 Å². The largest absolute Gasteiger partial charge is 0.493 e. The number of piperidine rings is 2. The van der Waals surface area contributed by atoms with E-state index in [0.29, 0.717) is 39.1 Å². The van der Waals surface area contributed by atoms with Crippen molar-refractivity contribution in [2.75, 3.05) is 14.2 Å². The highest BCUT2D eigenvalue weighted by molar-refractivity contribution is 7.18. The Bertz CT molecular complexity index is 1340. The van der Waals surface area contributed by atoms with Gasteiger partial charge in [-0.1, -0.05) is 12.5 Å². The molecule has 2 saturated heterocycles. The standard InChI is InChI=1S/C29H34F3N3O4S/c1-16(2)39-27-22(37-3)11-17(12-23(27)38-4)28(36)33-18-13-19-7-5-8-20(14-18)35(19)15-25-34-26-21(29(30,31)32)9-6-10-24(26)40-25/h6,9-12,16,18-20H,5,7-8,13-15H2,1-4H3,(H,33,36). The highest BCUT2D eigenvalue weighted by Gasteiger charge is 2.40. The minimum atomic E-state index is -4.44. The summed E-state index contributed by atoms with van der Waals surface area (Å²) in [5, 5.41) is 3.89. The predicted octanol–water partition coefficient (Wildman–Crippen LogP) is 6.44. The first-order valence-corrected chi connectivity index (χ1v) is 14.3. The van der Waals surface area contributed by atoms with Crippen LogP contribution >= 0.6 is 11.3 Å². The van der Waals surface area contributed by atoms with Gasteiger partial charge in [0, 0.05) is 23.7 Å². The van der Waals surface area contributed by atoms with Crippen molar-refractivity contribution in [1.82, 2.24) is 15.2 Å². The van der Waals surface area contributed by atoms with Crippen molar-refractivity contribution < 1.29 is 32.2 Å². The van der Waals surface area contributed by atoms with E-state index in [1.807, 2.05) is 13.8 Å². The smallest absolute Gasteiger partial charge is 0.418 e. The minimum Gasteiger partial charge on any atom is -0.493 e. The number of para-hydroxylation sites is 1. The molecule has 2 unspecified atom stereocenters. The van der Waals surface area contributed by atoms with E-state index in [-0.39, 0.29) is 35.7 Å². The number of methoxy groups -OCH3 is 2. The molecule has 7 nitrogen and oxygen atoms in total. The lowest BCUT2D eigenvalue weighted by Gasteiger charge is -2.48. The second kappa shape index (κ2) is 11.4. The Hall–Kier alpha value is -3.05. The number of hydrogen-bond acceptors (Lipinski definition) is 7. The number of alkyl halides is 3. The number of carbonyl (C=O) groups is 1. The van der Waals surface area contributed by atoms with E-state index in [2.05, 4.69) is 15.2 Å². The Labute approximate surface area is 235 Å². The van der Waals surface area contributed by atoms with Crippen LogP contribution in [0.1, 0.15) is 66.9 Å². The summed E-state index contributed by atoms with van der Waals surface area (Å²) in [6, 6.07) is 7.96. The Morgan fingerprint density at radius 1 is 1.12 bits per heavy atom. The van der Waals surface area contributed by atoms with Crippen molar-refractivity contribution in [2.24, 2.45) is 0 Å². The van der Waals surface area contributed by atoms with Gasteiger partial charge in [0.25, 0.3) is 5.91 Å². The lowest BCUT2D eigenvalue weighted by Crippen LogP contribution is -2.56. The fourth-order valence-electron chi connectivity index (χ4n) is 5.93. The van der Waals surface area contributed by atoms with Crippen molar-refractivity contribution in [2.45, 2.75) is 82.9 Å². The molecule has 3 heterocycles. The predicted molar refractivity (Wildman–Crippen MR) is 147 cm³/mol. The summed E-state index contributed by atoms with van der Waals surface area (Å²) >= 11 is 1.32. The molecule has 2 aliphatic heterocycles. The van der Waals surface area contributed by atoms with Crippen LogP contribution in [0.5, 0.6) is 17.2 Å². The SMILES string of the molecule is COc1cc(C(=O)NC2CC3CCCC(C2)N3Cc2nc3c(C(F)(F)F)cccc3s2)cc(OC)c1OC(C)C. The van der Waals surface area contributed by atoms with E-state index in [4.69, 9.17) is 14.2 Å². The number of nitrogens with zero attached hydrogens (tertiary/aromatic N) is 2. The molecule has 2 aromatic carbocycles. The molecular weight excluding hydrogens is 543 g/mol. The summed E-state index contributed by atoms with van der Waals surface area (Å²) in [5.41, 5.74) is -0.239. The third kappa shape index (κ3) is 5.85. The zero-order chi connectivity index (χ0) is 28.6. The fraction of sp³-hybridized carbons (Fsp3) is 0.517. The van der Waals surface area contributed by atoms with Gasteiger partial charge in [-0.2, -0.15) is 13.2 Å². The molecule has 1 N–H and O–H groups in total.